The summed E-state index contributed by atoms with van der Waals surface area (Å²) in [6.07, 6.45) is 0.808. The number of aliphatic hydroxyl groups excluding tert-OH is 2. The molecule has 2 aromatic heterocycles. The molecule has 138 valence electrons. The summed E-state index contributed by atoms with van der Waals surface area (Å²) in [5.74, 6) is 0.664. The fourth-order valence-electron chi connectivity index (χ4n) is 3.38. The van der Waals surface area contributed by atoms with Gasteiger partial charge in [0.25, 0.3) is 0 Å². The van der Waals surface area contributed by atoms with Crippen LogP contribution in [0.25, 0.3) is 0 Å². The van der Waals surface area contributed by atoms with Gasteiger partial charge in [0.15, 0.2) is 0 Å². The quantitative estimate of drug-likeness (QED) is 0.634. The van der Waals surface area contributed by atoms with Crippen molar-refractivity contribution in [2.24, 2.45) is 5.92 Å². The Morgan fingerprint density at radius 3 is 2.84 bits per heavy atom. The van der Waals surface area contributed by atoms with Crippen LogP contribution in [0.5, 0.6) is 0 Å². The largest absolute Gasteiger partial charge is 0.390 e. The lowest BCUT2D eigenvalue weighted by atomic mass is 10.1. The van der Waals surface area contributed by atoms with Crippen LogP contribution >= 0.6 is 0 Å². The highest BCUT2D eigenvalue weighted by Gasteiger charge is 2.41. The second kappa shape index (κ2) is 7.61. The monoisotopic (exact) mass is 351 g/mol. The van der Waals surface area contributed by atoms with Gasteiger partial charge in [0, 0.05) is 37.7 Å². The second-order valence-corrected chi connectivity index (χ2v) is 6.63. The Morgan fingerprint density at radius 2 is 2.16 bits per heavy atom. The molecule has 1 aliphatic rings. The first kappa shape index (κ1) is 18.0. The Bertz CT molecular complexity index is 681. The summed E-state index contributed by atoms with van der Waals surface area (Å²) >= 11 is 0. The van der Waals surface area contributed by atoms with Gasteiger partial charge < -0.3 is 24.8 Å². The van der Waals surface area contributed by atoms with Gasteiger partial charge in [-0.05, 0) is 20.3 Å². The van der Waals surface area contributed by atoms with Crippen LogP contribution in [0.1, 0.15) is 29.1 Å². The maximum atomic E-state index is 10.4. The van der Waals surface area contributed by atoms with Crippen LogP contribution in [-0.4, -0.2) is 55.7 Å². The smallest absolute Gasteiger partial charge is 0.138 e. The number of ether oxygens (including phenoxy) is 1. The van der Waals surface area contributed by atoms with E-state index in [2.05, 4.69) is 20.8 Å². The third-order valence-corrected chi connectivity index (χ3v) is 4.82. The second-order valence-electron chi connectivity index (χ2n) is 6.63. The van der Waals surface area contributed by atoms with Crippen LogP contribution in [0.3, 0.4) is 0 Å². The third-order valence-electron chi connectivity index (χ3n) is 4.82. The predicted molar refractivity (Wildman–Crippen MR) is 87.5 cm³/mol. The van der Waals surface area contributed by atoms with Crippen molar-refractivity contribution in [1.82, 2.24) is 25.5 Å². The van der Waals surface area contributed by atoms with Crippen molar-refractivity contribution in [1.29, 1.82) is 0 Å². The Hall–Kier alpha value is -1.81. The van der Waals surface area contributed by atoms with Gasteiger partial charge in [-0.3, -0.25) is 4.68 Å². The highest BCUT2D eigenvalue weighted by Crippen LogP contribution is 2.28. The van der Waals surface area contributed by atoms with Crippen LogP contribution in [0.4, 0.5) is 0 Å². The zero-order chi connectivity index (χ0) is 18.0. The number of aryl methyl sites for hydroxylation is 2. The number of nitrogens with zero attached hydrogens (tertiary/aromatic N) is 4. The molecular weight excluding hydrogens is 326 g/mol. The molecule has 3 rings (SSSR count). The molecule has 0 amide bonds. The maximum Gasteiger partial charge on any atom is 0.138 e. The normalized spacial score (nSPS) is 26.4. The summed E-state index contributed by atoms with van der Waals surface area (Å²) < 4.78 is 11.9. The first-order chi connectivity index (χ1) is 12.0. The maximum absolute atomic E-state index is 10.4. The van der Waals surface area contributed by atoms with Gasteiger partial charge >= 0.3 is 0 Å². The van der Waals surface area contributed by atoms with E-state index in [1.807, 2.05) is 13.8 Å². The first-order valence-electron chi connectivity index (χ1n) is 8.38. The van der Waals surface area contributed by atoms with E-state index >= 15 is 0 Å². The summed E-state index contributed by atoms with van der Waals surface area (Å²) in [4.78, 5) is 0. The van der Waals surface area contributed by atoms with Crippen molar-refractivity contribution in [2.45, 2.75) is 58.2 Å². The summed E-state index contributed by atoms with van der Waals surface area (Å²) in [6.45, 7) is 5.19. The number of hydrogen-bond acceptors (Lipinski definition) is 8. The van der Waals surface area contributed by atoms with Crippen molar-refractivity contribution in [2.75, 3.05) is 7.11 Å². The van der Waals surface area contributed by atoms with Gasteiger partial charge in [-0.25, -0.2) is 0 Å². The zero-order valence-corrected chi connectivity index (χ0v) is 14.7. The van der Waals surface area contributed by atoms with Crippen LogP contribution < -0.4 is 5.32 Å². The molecule has 0 aromatic carbocycles. The Kier molecular flexibility index (Phi) is 5.48. The molecule has 0 saturated heterocycles. The summed E-state index contributed by atoms with van der Waals surface area (Å²) in [5.41, 5.74) is 2.57. The van der Waals surface area contributed by atoms with Crippen molar-refractivity contribution < 1.29 is 19.5 Å². The lowest BCUT2D eigenvalue weighted by Gasteiger charge is -2.18. The Balaban J connectivity index is 1.58. The number of nitrogens with one attached hydrogen (secondary N) is 1. The highest BCUT2D eigenvalue weighted by molar-refractivity contribution is 5.20. The molecule has 4 unspecified atom stereocenters. The van der Waals surface area contributed by atoms with Crippen molar-refractivity contribution >= 4 is 0 Å². The summed E-state index contributed by atoms with van der Waals surface area (Å²) in [7, 11) is 1.60. The van der Waals surface area contributed by atoms with E-state index in [1.54, 1.807) is 18.0 Å². The molecular formula is C16H25N5O4. The minimum Gasteiger partial charge on any atom is -0.390 e. The molecule has 0 aliphatic heterocycles. The van der Waals surface area contributed by atoms with Crippen LogP contribution in [0.15, 0.2) is 10.7 Å². The van der Waals surface area contributed by atoms with Crippen LogP contribution in [0, 0.1) is 19.8 Å². The number of rotatable bonds is 7. The molecule has 0 radical (unpaired) electrons. The standard InChI is InChI=1S/C16H25N5O4/c1-9-13(10(2)25-19-9)5-17-14-4-11(15(22)16(14)23)6-21-7-12(8-24-3)18-20-21/h7,11,14-17,22-23H,4-6,8H2,1-3H3. The molecule has 0 spiro atoms. The number of hydrogen-bond donors (Lipinski definition) is 3. The summed E-state index contributed by atoms with van der Waals surface area (Å²) in [6, 6.07) is -0.198. The van der Waals surface area contributed by atoms with Gasteiger partial charge in [-0.1, -0.05) is 10.4 Å². The average molecular weight is 351 g/mol. The fourth-order valence-corrected chi connectivity index (χ4v) is 3.38. The average Bonchev–Trinajstić information content (AvgIpc) is 3.23. The molecule has 9 heteroatoms. The lowest BCUT2D eigenvalue weighted by molar-refractivity contribution is 0.00720. The molecule has 2 heterocycles. The minimum absolute atomic E-state index is 0.103. The van der Waals surface area contributed by atoms with Crippen molar-refractivity contribution in [3.63, 3.8) is 0 Å². The molecule has 1 aliphatic carbocycles. The number of aromatic nitrogens is 4. The van der Waals surface area contributed by atoms with E-state index < -0.39 is 12.2 Å². The van der Waals surface area contributed by atoms with Gasteiger partial charge in [0.1, 0.15) is 11.5 Å². The molecule has 3 N–H and O–H groups in total. The van der Waals surface area contributed by atoms with Gasteiger partial charge in [-0.2, -0.15) is 0 Å². The predicted octanol–water partition coefficient (Wildman–Crippen LogP) is -0.0706. The molecule has 0 bridgehead atoms. The Morgan fingerprint density at radius 1 is 1.36 bits per heavy atom. The first-order valence-corrected chi connectivity index (χ1v) is 8.38. The molecule has 1 fully saturated rings. The highest BCUT2D eigenvalue weighted by atomic mass is 16.5. The van der Waals surface area contributed by atoms with Gasteiger partial charge in [0.05, 0.1) is 30.7 Å². The van der Waals surface area contributed by atoms with Gasteiger partial charge in [0.2, 0.25) is 0 Å². The topological polar surface area (TPSA) is 118 Å². The van der Waals surface area contributed by atoms with E-state index in [0.29, 0.717) is 26.1 Å². The summed E-state index contributed by atoms with van der Waals surface area (Å²) in [5, 5.41) is 36.0. The van der Waals surface area contributed by atoms with Crippen LogP contribution in [-0.2, 0) is 24.4 Å². The third kappa shape index (κ3) is 3.90. The molecule has 1 saturated carbocycles. The van der Waals surface area contributed by atoms with Crippen LogP contribution in [0.2, 0.25) is 0 Å². The Labute approximate surface area is 146 Å². The number of methoxy groups -OCH3 is 1. The van der Waals surface area contributed by atoms with E-state index in [9.17, 15) is 10.2 Å². The van der Waals surface area contributed by atoms with E-state index in [-0.39, 0.29) is 12.0 Å². The molecule has 9 nitrogen and oxygen atoms in total. The zero-order valence-electron chi connectivity index (χ0n) is 14.7. The SMILES string of the molecule is COCc1cn(CC2CC(NCc3c(C)noc3C)C(O)C2O)nn1. The molecule has 4 atom stereocenters. The molecule has 25 heavy (non-hydrogen) atoms. The fraction of sp³-hybridized carbons (Fsp3) is 0.688. The molecule has 2 aromatic rings. The number of aliphatic hydroxyl groups is 2. The van der Waals surface area contributed by atoms with Crippen molar-refractivity contribution in [3.05, 3.63) is 28.9 Å². The van der Waals surface area contributed by atoms with Gasteiger partial charge in [-0.15, -0.1) is 5.10 Å². The lowest BCUT2D eigenvalue weighted by Crippen LogP contribution is -2.39. The van der Waals surface area contributed by atoms with E-state index in [4.69, 9.17) is 9.26 Å². The van der Waals surface area contributed by atoms with E-state index in [1.165, 1.54) is 0 Å². The van der Waals surface area contributed by atoms with Crippen molar-refractivity contribution in [3.8, 4) is 0 Å². The minimum atomic E-state index is -0.826. The van der Waals surface area contributed by atoms with E-state index in [0.717, 1.165) is 22.7 Å².